The molecule has 3 aromatic carbocycles. The van der Waals surface area contributed by atoms with Crippen LogP contribution in [0.1, 0.15) is 25.0 Å². The number of anilines is 5. The summed E-state index contributed by atoms with van der Waals surface area (Å²) in [6, 6.07) is 18.1. The number of hydrogen-bond donors (Lipinski definition) is 3. The lowest BCUT2D eigenvalue weighted by molar-refractivity contribution is -0.115. The second-order valence-electron chi connectivity index (χ2n) is 7.77. The van der Waals surface area contributed by atoms with Gasteiger partial charge in [-0.15, -0.1) is 0 Å². The fourth-order valence-corrected chi connectivity index (χ4v) is 5.11. The lowest BCUT2D eigenvalue weighted by Crippen LogP contribution is -2.28. The SMILES string of the molecule is CC(=O)Nc1ccc2c(c1C)Sc1c(ccc(NC(C)=O)c1C)N2CNc1ccccc1. The highest BCUT2D eigenvalue weighted by Gasteiger charge is 2.28. The molecule has 32 heavy (non-hydrogen) atoms. The van der Waals surface area contributed by atoms with Crippen molar-refractivity contribution in [2.24, 2.45) is 0 Å². The lowest BCUT2D eigenvalue weighted by Gasteiger charge is -2.35. The number of amides is 2. The summed E-state index contributed by atoms with van der Waals surface area (Å²) in [5.41, 5.74) is 6.82. The van der Waals surface area contributed by atoms with Crippen molar-refractivity contribution in [2.75, 3.05) is 27.5 Å². The number of fused-ring (bicyclic) bond motifs is 2. The molecule has 1 aliphatic heterocycles. The van der Waals surface area contributed by atoms with Gasteiger partial charge in [-0.05, 0) is 61.4 Å². The standard InChI is InChI=1S/C25H26N4O2S/c1-15-20(27-17(3)30)10-12-22-24(15)32-25-16(2)21(28-18(4)31)11-13-23(25)29(22)14-26-19-8-6-5-7-9-19/h5-13,26H,14H2,1-4H3,(H,27,30)(H,28,31). The molecule has 4 rings (SSSR count). The molecule has 0 saturated heterocycles. The Labute approximate surface area is 192 Å². The van der Waals surface area contributed by atoms with Gasteiger partial charge >= 0.3 is 0 Å². The van der Waals surface area contributed by atoms with Crippen molar-refractivity contribution in [1.82, 2.24) is 0 Å². The third-order valence-corrected chi connectivity index (χ3v) is 6.83. The fourth-order valence-electron chi connectivity index (χ4n) is 3.82. The number of carbonyl (C=O) groups excluding carboxylic acids is 2. The van der Waals surface area contributed by atoms with Crippen LogP contribution >= 0.6 is 11.8 Å². The normalized spacial score (nSPS) is 11.9. The second-order valence-corrected chi connectivity index (χ2v) is 8.79. The smallest absolute Gasteiger partial charge is 0.221 e. The molecule has 0 radical (unpaired) electrons. The molecule has 3 aromatic rings. The molecule has 0 atom stereocenters. The molecule has 0 aromatic heterocycles. The fraction of sp³-hybridized carbons (Fsp3) is 0.200. The van der Waals surface area contributed by atoms with Gasteiger partial charge in [0.15, 0.2) is 0 Å². The monoisotopic (exact) mass is 446 g/mol. The van der Waals surface area contributed by atoms with Crippen LogP contribution < -0.4 is 20.9 Å². The first-order valence-electron chi connectivity index (χ1n) is 10.4. The van der Waals surface area contributed by atoms with Crippen LogP contribution in [0.2, 0.25) is 0 Å². The Morgan fingerprint density at radius 1 is 0.781 bits per heavy atom. The maximum atomic E-state index is 11.7. The summed E-state index contributed by atoms with van der Waals surface area (Å²) in [6.07, 6.45) is 0. The predicted octanol–water partition coefficient (Wildman–Crippen LogP) is 5.89. The van der Waals surface area contributed by atoms with E-state index in [1.165, 1.54) is 13.8 Å². The second kappa shape index (κ2) is 8.96. The van der Waals surface area contributed by atoms with Crippen molar-refractivity contribution in [1.29, 1.82) is 0 Å². The van der Waals surface area contributed by atoms with Crippen LogP contribution in [0, 0.1) is 13.8 Å². The summed E-state index contributed by atoms with van der Waals surface area (Å²) in [5, 5.41) is 9.36. The van der Waals surface area contributed by atoms with Crippen molar-refractivity contribution < 1.29 is 9.59 Å². The van der Waals surface area contributed by atoms with Crippen LogP contribution in [0.15, 0.2) is 64.4 Å². The topological polar surface area (TPSA) is 73.5 Å². The summed E-state index contributed by atoms with van der Waals surface area (Å²) in [5.74, 6) is -0.193. The van der Waals surface area contributed by atoms with Gasteiger partial charge in [-0.3, -0.25) is 9.59 Å². The molecule has 7 heteroatoms. The van der Waals surface area contributed by atoms with Gasteiger partial charge in [0.25, 0.3) is 0 Å². The van der Waals surface area contributed by atoms with Crippen molar-refractivity contribution in [2.45, 2.75) is 37.5 Å². The van der Waals surface area contributed by atoms with Gasteiger partial charge in [-0.25, -0.2) is 0 Å². The zero-order valence-electron chi connectivity index (χ0n) is 18.6. The van der Waals surface area contributed by atoms with Gasteiger partial charge in [-0.1, -0.05) is 30.0 Å². The molecule has 2 amide bonds. The first-order valence-corrected chi connectivity index (χ1v) is 11.2. The van der Waals surface area contributed by atoms with Gasteiger partial charge in [0.2, 0.25) is 11.8 Å². The third kappa shape index (κ3) is 4.29. The van der Waals surface area contributed by atoms with E-state index in [0.29, 0.717) is 6.67 Å². The minimum Gasteiger partial charge on any atom is -0.367 e. The number of para-hydroxylation sites is 1. The Morgan fingerprint density at radius 2 is 1.28 bits per heavy atom. The molecular formula is C25H26N4O2S. The van der Waals surface area contributed by atoms with E-state index in [0.717, 1.165) is 49.4 Å². The van der Waals surface area contributed by atoms with Gasteiger partial charge in [0.1, 0.15) is 0 Å². The first-order chi connectivity index (χ1) is 15.3. The highest BCUT2D eigenvalue weighted by molar-refractivity contribution is 7.99. The van der Waals surface area contributed by atoms with E-state index in [4.69, 9.17) is 0 Å². The van der Waals surface area contributed by atoms with Crippen LogP contribution in [0.3, 0.4) is 0 Å². The van der Waals surface area contributed by atoms with Crippen LogP contribution in [-0.4, -0.2) is 18.5 Å². The molecule has 6 nitrogen and oxygen atoms in total. The highest BCUT2D eigenvalue weighted by Crippen LogP contribution is 2.52. The Bertz CT molecular complexity index is 1120. The van der Waals surface area contributed by atoms with E-state index in [-0.39, 0.29) is 11.8 Å². The summed E-state index contributed by atoms with van der Waals surface area (Å²) in [7, 11) is 0. The molecule has 0 bridgehead atoms. The Kier molecular flexibility index (Phi) is 6.10. The average Bonchev–Trinajstić information content (AvgIpc) is 2.76. The van der Waals surface area contributed by atoms with E-state index in [1.54, 1.807) is 11.8 Å². The number of hydrogen-bond acceptors (Lipinski definition) is 5. The van der Waals surface area contributed by atoms with Crippen molar-refractivity contribution in [3.63, 3.8) is 0 Å². The van der Waals surface area contributed by atoms with Gasteiger partial charge < -0.3 is 20.9 Å². The summed E-state index contributed by atoms with van der Waals surface area (Å²) >= 11 is 1.67. The molecule has 0 fully saturated rings. The van der Waals surface area contributed by atoms with E-state index < -0.39 is 0 Å². The van der Waals surface area contributed by atoms with Gasteiger partial charge in [-0.2, -0.15) is 0 Å². The van der Waals surface area contributed by atoms with E-state index in [1.807, 2.05) is 68.4 Å². The quantitative estimate of drug-likeness (QED) is 0.456. The number of benzene rings is 3. The third-order valence-electron chi connectivity index (χ3n) is 5.39. The van der Waals surface area contributed by atoms with Gasteiger partial charge in [0, 0.05) is 40.7 Å². The molecule has 0 unspecified atom stereocenters. The maximum absolute atomic E-state index is 11.7. The summed E-state index contributed by atoms with van der Waals surface area (Å²) < 4.78 is 0. The van der Waals surface area contributed by atoms with E-state index in [2.05, 4.69) is 20.9 Å². The van der Waals surface area contributed by atoms with Crippen LogP contribution in [0.25, 0.3) is 0 Å². The minimum absolute atomic E-state index is 0.0963. The van der Waals surface area contributed by atoms with E-state index >= 15 is 0 Å². The predicted molar refractivity (Wildman–Crippen MR) is 132 cm³/mol. The summed E-state index contributed by atoms with van der Waals surface area (Å²) in [6.45, 7) is 7.65. The Morgan fingerprint density at radius 3 is 1.75 bits per heavy atom. The van der Waals surface area contributed by atoms with Crippen molar-refractivity contribution >= 4 is 52.0 Å². The molecule has 1 aliphatic rings. The number of rotatable bonds is 5. The number of nitrogens with one attached hydrogen (secondary N) is 3. The molecule has 3 N–H and O–H groups in total. The minimum atomic E-state index is -0.0963. The molecule has 164 valence electrons. The average molecular weight is 447 g/mol. The molecule has 0 saturated carbocycles. The van der Waals surface area contributed by atoms with Crippen molar-refractivity contribution in [3.05, 3.63) is 65.7 Å². The van der Waals surface area contributed by atoms with Crippen LogP contribution in [0.4, 0.5) is 28.4 Å². The Hall–Kier alpha value is -3.45. The van der Waals surface area contributed by atoms with Crippen molar-refractivity contribution in [3.8, 4) is 0 Å². The summed E-state index contributed by atoms with van der Waals surface area (Å²) in [4.78, 5) is 27.8. The molecular weight excluding hydrogens is 420 g/mol. The largest absolute Gasteiger partial charge is 0.367 e. The number of nitrogens with zero attached hydrogens (tertiary/aromatic N) is 1. The van der Waals surface area contributed by atoms with Crippen LogP contribution in [-0.2, 0) is 9.59 Å². The van der Waals surface area contributed by atoms with Gasteiger partial charge in [0.05, 0.1) is 18.0 Å². The number of carbonyl (C=O) groups is 2. The lowest BCUT2D eigenvalue weighted by atomic mass is 10.1. The molecule has 0 aliphatic carbocycles. The molecule has 0 spiro atoms. The first kappa shape index (κ1) is 21.8. The van der Waals surface area contributed by atoms with Crippen LogP contribution in [0.5, 0.6) is 0 Å². The maximum Gasteiger partial charge on any atom is 0.221 e. The highest BCUT2D eigenvalue weighted by atomic mass is 32.2. The Balaban J connectivity index is 1.80. The van der Waals surface area contributed by atoms with E-state index in [9.17, 15) is 9.59 Å². The zero-order valence-corrected chi connectivity index (χ0v) is 19.4. The molecule has 1 heterocycles. The zero-order chi connectivity index (χ0) is 22.8.